The summed E-state index contributed by atoms with van der Waals surface area (Å²) in [7, 11) is 0. The lowest BCUT2D eigenvalue weighted by molar-refractivity contribution is -0.123. The second-order valence-electron chi connectivity index (χ2n) is 6.48. The quantitative estimate of drug-likeness (QED) is 0.356. The van der Waals surface area contributed by atoms with Gasteiger partial charge >= 0.3 is 0 Å². The van der Waals surface area contributed by atoms with E-state index < -0.39 is 0 Å². The Labute approximate surface area is 148 Å². The minimum atomic E-state index is 0.0888. The van der Waals surface area contributed by atoms with Crippen LogP contribution in [0.5, 0.6) is 0 Å². The molecule has 0 heterocycles. The summed E-state index contributed by atoms with van der Waals surface area (Å²) in [6, 6.07) is 0. The summed E-state index contributed by atoms with van der Waals surface area (Å²) in [5, 5.41) is 0. The van der Waals surface area contributed by atoms with E-state index in [0.29, 0.717) is 52.7 Å². The first-order valence-corrected chi connectivity index (χ1v) is 9.41. The fourth-order valence-corrected chi connectivity index (χ4v) is 1.96. The molecule has 1 atom stereocenters. The van der Waals surface area contributed by atoms with Gasteiger partial charge in [0, 0.05) is 18.9 Å². The van der Waals surface area contributed by atoms with Crippen molar-refractivity contribution in [3.8, 4) is 0 Å². The lowest BCUT2D eigenvalue weighted by atomic mass is 10.0. The van der Waals surface area contributed by atoms with Gasteiger partial charge in [-0.3, -0.25) is 4.79 Å². The molecule has 5 heteroatoms. The third kappa shape index (κ3) is 16.4. The van der Waals surface area contributed by atoms with Crippen molar-refractivity contribution in [2.24, 2.45) is 11.8 Å². The van der Waals surface area contributed by atoms with E-state index in [1.165, 1.54) is 12.8 Å². The topological polar surface area (TPSA) is 54.0 Å². The van der Waals surface area contributed by atoms with Crippen LogP contribution in [0.25, 0.3) is 0 Å². The van der Waals surface area contributed by atoms with Crippen molar-refractivity contribution in [2.75, 3.05) is 52.9 Å². The van der Waals surface area contributed by atoms with Gasteiger partial charge in [0.15, 0.2) is 0 Å². The molecule has 1 unspecified atom stereocenters. The van der Waals surface area contributed by atoms with Crippen LogP contribution in [0.2, 0.25) is 0 Å². The summed E-state index contributed by atoms with van der Waals surface area (Å²) in [6.07, 6.45) is 4.09. The van der Waals surface area contributed by atoms with Crippen LogP contribution in [0, 0.1) is 11.8 Å². The van der Waals surface area contributed by atoms with Crippen molar-refractivity contribution >= 4 is 5.78 Å². The van der Waals surface area contributed by atoms with Crippen molar-refractivity contribution in [1.29, 1.82) is 0 Å². The largest absolute Gasteiger partial charge is 0.379 e. The van der Waals surface area contributed by atoms with Crippen LogP contribution in [-0.2, 0) is 23.7 Å². The zero-order chi connectivity index (χ0) is 18.0. The van der Waals surface area contributed by atoms with E-state index in [0.717, 1.165) is 18.9 Å². The maximum absolute atomic E-state index is 11.4. The molecule has 0 amide bonds. The van der Waals surface area contributed by atoms with E-state index in [1.807, 2.05) is 13.8 Å². The molecule has 0 saturated heterocycles. The van der Waals surface area contributed by atoms with Gasteiger partial charge in [-0.15, -0.1) is 0 Å². The number of Topliss-reactive ketones (excluding diaryl/α,β-unsaturated/α-hetero) is 1. The van der Waals surface area contributed by atoms with E-state index in [9.17, 15) is 4.79 Å². The maximum atomic E-state index is 11.4. The normalized spacial score (nSPS) is 12.7. The van der Waals surface area contributed by atoms with Gasteiger partial charge in [0.1, 0.15) is 5.78 Å². The van der Waals surface area contributed by atoms with Crippen molar-refractivity contribution in [1.82, 2.24) is 0 Å². The number of carbonyl (C=O) groups excluding carboxylic acids is 1. The summed E-state index contributed by atoms with van der Waals surface area (Å²) >= 11 is 0. The molecule has 24 heavy (non-hydrogen) atoms. The Bertz CT molecular complexity index is 281. The first kappa shape index (κ1) is 23.5. The fraction of sp³-hybridized carbons (Fsp3) is 0.947. The van der Waals surface area contributed by atoms with Crippen LogP contribution >= 0.6 is 0 Å². The first-order valence-electron chi connectivity index (χ1n) is 9.41. The van der Waals surface area contributed by atoms with Crippen molar-refractivity contribution in [2.45, 2.75) is 53.4 Å². The van der Waals surface area contributed by atoms with Gasteiger partial charge in [-0.2, -0.15) is 0 Å². The van der Waals surface area contributed by atoms with Gasteiger partial charge in [-0.25, -0.2) is 0 Å². The molecule has 0 N–H and O–H groups in total. The molecule has 0 radical (unpaired) electrons. The molecule has 0 rings (SSSR count). The number of rotatable bonds is 18. The first-order chi connectivity index (χ1) is 11.6. The van der Waals surface area contributed by atoms with Crippen LogP contribution in [0.15, 0.2) is 0 Å². The van der Waals surface area contributed by atoms with Crippen LogP contribution in [0.3, 0.4) is 0 Å². The molecular weight excluding hydrogens is 308 g/mol. The van der Waals surface area contributed by atoms with Crippen molar-refractivity contribution in [3.63, 3.8) is 0 Å². The van der Waals surface area contributed by atoms with E-state index in [1.54, 1.807) is 0 Å². The molecule has 144 valence electrons. The Morgan fingerprint density at radius 3 is 1.67 bits per heavy atom. The molecule has 0 aromatic heterocycles. The van der Waals surface area contributed by atoms with Gasteiger partial charge in [0.25, 0.3) is 0 Å². The van der Waals surface area contributed by atoms with Crippen molar-refractivity contribution < 1.29 is 23.7 Å². The van der Waals surface area contributed by atoms with Crippen LogP contribution < -0.4 is 0 Å². The highest BCUT2D eigenvalue weighted by molar-refractivity contribution is 5.80. The SMILES string of the molecule is CCC(C)CCCOCCOCCOCCOCCC(=O)C(C)C. The molecule has 0 aliphatic carbocycles. The maximum Gasteiger partial charge on any atom is 0.137 e. The second kappa shape index (κ2) is 17.3. The minimum Gasteiger partial charge on any atom is -0.379 e. The summed E-state index contributed by atoms with van der Waals surface area (Å²) in [6.45, 7) is 13.0. The van der Waals surface area contributed by atoms with E-state index in [4.69, 9.17) is 18.9 Å². The van der Waals surface area contributed by atoms with Gasteiger partial charge < -0.3 is 18.9 Å². The van der Waals surface area contributed by atoms with Gasteiger partial charge in [-0.1, -0.05) is 34.1 Å². The molecule has 0 aromatic rings. The highest BCUT2D eigenvalue weighted by Gasteiger charge is 2.06. The predicted molar refractivity (Wildman–Crippen MR) is 96.4 cm³/mol. The number of carbonyl (C=O) groups is 1. The Kier molecular flexibility index (Phi) is 17.0. The Hall–Kier alpha value is -0.490. The Balaban J connectivity index is 3.09. The molecule has 0 aromatic carbocycles. The third-order valence-corrected chi connectivity index (χ3v) is 3.94. The average molecular weight is 347 g/mol. The van der Waals surface area contributed by atoms with Gasteiger partial charge in [0.2, 0.25) is 0 Å². The zero-order valence-electron chi connectivity index (χ0n) is 16.2. The Morgan fingerprint density at radius 1 is 0.750 bits per heavy atom. The fourth-order valence-electron chi connectivity index (χ4n) is 1.96. The summed E-state index contributed by atoms with van der Waals surface area (Å²) in [5.74, 6) is 1.12. The molecule has 0 bridgehead atoms. The molecular formula is C19H38O5. The Morgan fingerprint density at radius 2 is 1.21 bits per heavy atom. The smallest absolute Gasteiger partial charge is 0.137 e. The van der Waals surface area contributed by atoms with Crippen LogP contribution in [0.4, 0.5) is 0 Å². The third-order valence-electron chi connectivity index (χ3n) is 3.94. The monoisotopic (exact) mass is 346 g/mol. The standard InChI is InChI=1S/C19H38O5/c1-5-18(4)7-6-9-21-11-13-23-15-16-24-14-12-22-10-8-19(20)17(2)3/h17-18H,5-16H2,1-4H3. The lowest BCUT2D eigenvalue weighted by Gasteiger charge is -2.09. The summed E-state index contributed by atoms with van der Waals surface area (Å²) in [4.78, 5) is 11.4. The number of ketones is 1. The average Bonchev–Trinajstić information content (AvgIpc) is 2.57. The number of hydrogen-bond donors (Lipinski definition) is 0. The van der Waals surface area contributed by atoms with Gasteiger partial charge in [-0.05, 0) is 18.8 Å². The second-order valence-corrected chi connectivity index (χ2v) is 6.48. The van der Waals surface area contributed by atoms with E-state index in [-0.39, 0.29) is 11.7 Å². The van der Waals surface area contributed by atoms with Crippen LogP contribution in [-0.4, -0.2) is 58.6 Å². The summed E-state index contributed by atoms with van der Waals surface area (Å²) in [5.41, 5.74) is 0. The number of hydrogen-bond acceptors (Lipinski definition) is 5. The molecule has 5 nitrogen and oxygen atoms in total. The number of ether oxygens (including phenoxy) is 4. The molecule has 0 spiro atoms. The summed E-state index contributed by atoms with van der Waals surface area (Å²) < 4.78 is 21.7. The molecule has 0 aliphatic rings. The minimum absolute atomic E-state index is 0.0888. The lowest BCUT2D eigenvalue weighted by Crippen LogP contribution is -2.14. The molecule has 0 saturated carbocycles. The molecule has 0 fully saturated rings. The molecule has 0 aliphatic heterocycles. The highest BCUT2D eigenvalue weighted by atomic mass is 16.6. The predicted octanol–water partition coefficient (Wildman–Crippen LogP) is 3.49. The van der Waals surface area contributed by atoms with Crippen molar-refractivity contribution in [3.05, 3.63) is 0 Å². The zero-order valence-corrected chi connectivity index (χ0v) is 16.2. The van der Waals surface area contributed by atoms with E-state index in [2.05, 4.69) is 13.8 Å². The van der Waals surface area contributed by atoms with E-state index >= 15 is 0 Å². The highest BCUT2D eigenvalue weighted by Crippen LogP contribution is 2.08. The van der Waals surface area contributed by atoms with Crippen LogP contribution in [0.1, 0.15) is 53.4 Å². The van der Waals surface area contributed by atoms with Gasteiger partial charge in [0.05, 0.1) is 46.2 Å².